The summed E-state index contributed by atoms with van der Waals surface area (Å²) in [4.78, 5) is 0. The maximum atomic E-state index is 13.8. The molecule has 0 aliphatic heterocycles. The molecule has 0 unspecified atom stereocenters. The molecule has 0 spiro atoms. The molecule has 3 heteroatoms. The van der Waals surface area contributed by atoms with E-state index >= 15 is 0 Å². The molecule has 1 fully saturated rings. The Balaban J connectivity index is 2.32. The fourth-order valence-electron chi connectivity index (χ4n) is 2.04. The molecule has 0 saturated heterocycles. The lowest BCUT2D eigenvalue weighted by Gasteiger charge is -2.16. The van der Waals surface area contributed by atoms with Gasteiger partial charge in [0, 0.05) is 12.2 Å². The Morgan fingerprint density at radius 2 is 2.12 bits per heavy atom. The summed E-state index contributed by atoms with van der Waals surface area (Å²) in [5, 5.41) is 9.26. The van der Waals surface area contributed by atoms with Gasteiger partial charge in [0.15, 0.2) is 0 Å². The summed E-state index contributed by atoms with van der Waals surface area (Å²) in [6.07, 6.45) is 2.51. The van der Waals surface area contributed by atoms with E-state index in [4.69, 9.17) is 4.74 Å². The number of hydrogen-bond donors (Lipinski definition) is 1. The Hall–Kier alpha value is -1.09. The van der Waals surface area contributed by atoms with Gasteiger partial charge in [0.1, 0.15) is 11.6 Å². The molecular formula is C13H17FO2. The second kappa shape index (κ2) is 4.06. The van der Waals surface area contributed by atoms with E-state index in [1.807, 2.05) is 13.0 Å². The lowest BCUT2D eigenvalue weighted by molar-refractivity contribution is 0.209. The van der Waals surface area contributed by atoms with Crippen LogP contribution in [-0.4, -0.2) is 18.8 Å². The van der Waals surface area contributed by atoms with E-state index in [1.54, 1.807) is 7.11 Å². The van der Waals surface area contributed by atoms with Gasteiger partial charge in [-0.1, -0.05) is 0 Å². The Morgan fingerprint density at radius 1 is 1.44 bits per heavy atom. The maximum absolute atomic E-state index is 13.8. The fraction of sp³-hybridized carbons (Fsp3) is 0.538. The fourth-order valence-corrected chi connectivity index (χ4v) is 2.04. The predicted octanol–water partition coefficient (Wildman–Crippen LogP) is 2.46. The predicted molar refractivity (Wildman–Crippen MR) is 60.1 cm³/mol. The van der Waals surface area contributed by atoms with Gasteiger partial charge in [-0.25, -0.2) is 4.39 Å². The normalized spacial score (nSPS) is 17.2. The van der Waals surface area contributed by atoms with Gasteiger partial charge in [0.25, 0.3) is 0 Å². The molecule has 2 nitrogen and oxygen atoms in total. The lowest BCUT2D eigenvalue weighted by Crippen LogP contribution is -2.12. The molecule has 1 aromatic carbocycles. The zero-order chi connectivity index (χ0) is 11.8. The number of aliphatic hydroxyl groups excluding tert-OH is 1. The first-order valence-corrected chi connectivity index (χ1v) is 5.54. The number of ether oxygens (including phenoxy) is 1. The zero-order valence-corrected chi connectivity index (χ0v) is 9.72. The summed E-state index contributed by atoms with van der Waals surface area (Å²) >= 11 is 0. The molecule has 1 saturated carbocycles. The van der Waals surface area contributed by atoms with Crippen LogP contribution in [0, 0.1) is 18.2 Å². The van der Waals surface area contributed by atoms with E-state index in [2.05, 4.69) is 0 Å². The second-order valence-electron chi connectivity index (χ2n) is 4.76. The van der Waals surface area contributed by atoms with E-state index in [0.717, 1.165) is 18.4 Å². The zero-order valence-electron chi connectivity index (χ0n) is 9.72. The highest BCUT2D eigenvalue weighted by molar-refractivity contribution is 5.39. The van der Waals surface area contributed by atoms with Crippen molar-refractivity contribution in [3.8, 4) is 5.75 Å². The molecule has 0 heterocycles. The standard InChI is InChI=1S/C13H17FO2/c1-9-5-11(14)10(12(6-9)16-2)7-13(8-15)3-4-13/h5-6,15H,3-4,7-8H2,1-2H3. The Bertz CT molecular complexity index is 397. The van der Waals surface area contributed by atoms with Crippen LogP contribution in [0.25, 0.3) is 0 Å². The summed E-state index contributed by atoms with van der Waals surface area (Å²) in [6, 6.07) is 3.36. The quantitative estimate of drug-likeness (QED) is 0.851. The molecule has 0 bridgehead atoms. The van der Waals surface area contributed by atoms with E-state index in [0.29, 0.717) is 17.7 Å². The largest absolute Gasteiger partial charge is 0.496 e. The van der Waals surface area contributed by atoms with E-state index in [1.165, 1.54) is 6.07 Å². The van der Waals surface area contributed by atoms with Gasteiger partial charge in [-0.15, -0.1) is 0 Å². The van der Waals surface area contributed by atoms with Crippen molar-refractivity contribution in [2.24, 2.45) is 5.41 Å². The van der Waals surface area contributed by atoms with Crippen LogP contribution in [0.2, 0.25) is 0 Å². The molecule has 2 rings (SSSR count). The number of rotatable bonds is 4. The van der Waals surface area contributed by atoms with Crippen LogP contribution in [0.4, 0.5) is 4.39 Å². The van der Waals surface area contributed by atoms with E-state index in [-0.39, 0.29) is 17.8 Å². The summed E-state index contributed by atoms with van der Waals surface area (Å²) < 4.78 is 19.0. The topological polar surface area (TPSA) is 29.5 Å². The third-order valence-corrected chi connectivity index (χ3v) is 3.36. The molecule has 1 N–H and O–H groups in total. The summed E-state index contributed by atoms with van der Waals surface area (Å²) in [7, 11) is 1.55. The highest BCUT2D eigenvalue weighted by Crippen LogP contribution is 2.49. The van der Waals surface area contributed by atoms with E-state index < -0.39 is 0 Å². The molecule has 16 heavy (non-hydrogen) atoms. The summed E-state index contributed by atoms with van der Waals surface area (Å²) in [5.41, 5.74) is 1.36. The first-order chi connectivity index (χ1) is 7.60. The molecule has 0 amide bonds. The molecule has 0 atom stereocenters. The number of hydrogen-bond acceptors (Lipinski definition) is 2. The second-order valence-corrected chi connectivity index (χ2v) is 4.76. The average molecular weight is 224 g/mol. The van der Waals surface area contributed by atoms with Crippen LogP contribution in [0.3, 0.4) is 0 Å². The third kappa shape index (κ3) is 2.05. The summed E-state index contributed by atoms with van der Waals surface area (Å²) in [5.74, 6) is 0.369. The maximum Gasteiger partial charge on any atom is 0.130 e. The number of aliphatic hydroxyl groups is 1. The van der Waals surface area contributed by atoms with Crippen molar-refractivity contribution in [2.75, 3.05) is 13.7 Å². The summed E-state index contributed by atoms with van der Waals surface area (Å²) in [6.45, 7) is 1.97. The van der Waals surface area contributed by atoms with Gasteiger partial charge >= 0.3 is 0 Å². The van der Waals surface area contributed by atoms with Crippen LogP contribution in [0.15, 0.2) is 12.1 Å². The van der Waals surface area contributed by atoms with Crippen LogP contribution < -0.4 is 4.74 Å². The van der Waals surface area contributed by atoms with Crippen molar-refractivity contribution in [3.05, 3.63) is 29.1 Å². The molecule has 1 aromatic rings. The van der Waals surface area contributed by atoms with Crippen molar-refractivity contribution in [2.45, 2.75) is 26.2 Å². The Morgan fingerprint density at radius 3 is 2.62 bits per heavy atom. The molecule has 1 aliphatic rings. The molecular weight excluding hydrogens is 207 g/mol. The highest BCUT2D eigenvalue weighted by atomic mass is 19.1. The monoisotopic (exact) mass is 224 g/mol. The van der Waals surface area contributed by atoms with Gasteiger partial charge in [-0.2, -0.15) is 0 Å². The van der Waals surface area contributed by atoms with Crippen LogP contribution in [0.5, 0.6) is 5.75 Å². The minimum absolute atomic E-state index is 0.0939. The lowest BCUT2D eigenvalue weighted by atomic mass is 9.95. The minimum atomic E-state index is -0.225. The van der Waals surface area contributed by atoms with Crippen molar-refractivity contribution in [3.63, 3.8) is 0 Å². The third-order valence-electron chi connectivity index (χ3n) is 3.36. The van der Waals surface area contributed by atoms with Gasteiger partial charge < -0.3 is 9.84 Å². The van der Waals surface area contributed by atoms with Crippen molar-refractivity contribution < 1.29 is 14.2 Å². The smallest absolute Gasteiger partial charge is 0.130 e. The molecule has 88 valence electrons. The Kier molecular flexibility index (Phi) is 2.89. The van der Waals surface area contributed by atoms with Crippen LogP contribution in [-0.2, 0) is 6.42 Å². The first-order valence-electron chi connectivity index (χ1n) is 5.54. The van der Waals surface area contributed by atoms with E-state index in [9.17, 15) is 9.50 Å². The molecule has 0 radical (unpaired) electrons. The highest BCUT2D eigenvalue weighted by Gasteiger charge is 2.43. The van der Waals surface area contributed by atoms with Crippen molar-refractivity contribution >= 4 is 0 Å². The average Bonchev–Trinajstić information content (AvgIpc) is 3.02. The molecule has 1 aliphatic carbocycles. The minimum Gasteiger partial charge on any atom is -0.496 e. The van der Waals surface area contributed by atoms with Gasteiger partial charge in [-0.3, -0.25) is 0 Å². The molecule has 0 aromatic heterocycles. The Labute approximate surface area is 95.1 Å². The van der Waals surface area contributed by atoms with Gasteiger partial charge in [-0.05, 0) is 49.3 Å². The van der Waals surface area contributed by atoms with Crippen LogP contribution >= 0.6 is 0 Å². The number of aryl methyl sites for hydroxylation is 1. The number of halogens is 1. The van der Waals surface area contributed by atoms with Crippen LogP contribution in [0.1, 0.15) is 24.0 Å². The number of benzene rings is 1. The SMILES string of the molecule is COc1cc(C)cc(F)c1CC1(CO)CC1. The van der Waals surface area contributed by atoms with Crippen molar-refractivity contribution in [1.82, 2.24) is 0 Å². The van der Waals surface area contributed by atoms with Crippen molar-refractivity contribution in [1.29, 1.82) is 0 Å². The van der Waals surface area contributed by atoms with Gasteiger partial charge in [0.2, 0.25) is 0 Å². The van der Waals surface area contributed by atoms with Gasteiger partial charge in [0.05, 0.1) is 7.11 Å². The number of methoxy groups -OCH3 is 1. The first kappa shape index (κ1) is 11.4.